The molecule has 0 aromatic heterocycles. The Hall–Kier alpha value is -1.88. The zero-order chi connectivity index (χ0) is 15.0. The molecule has 1 aromatic rings. The minimum atomic E-state index is -0.759. The van der Waals surface area contributed by atoms with E-state index < -0.39 is 5.97 Å². The van der Waals surface area contributed by atoms with Crippen molar-refractivity contribution in [2.24, 2.45) is 5.92 Å². The predicted molar refractivity (Wildman–Crippen MR) is 79.3 cm³/mol. The Morgan fingerprint density at radius 1 is 1.33 bits per heavy atom. The van der Waals surface area contributed by atoms with E-state index in [9.17, 15) is 9.59 Å². The standard InChI is InChI=1S/C16H20N2O3/c1-11-8-12-4-2-3-5-14(12)18(11)15(19)10-17-7-6-13(9-17)16(20)21/h2-5,11,13H,6-10H2,1H3,(H,20,21)/t11-,13+/m1/s1. The summed E-state index contributed by atoms with van der Waals surface area (Å²) in [5.74, 6) is -1.02. The predicted octanol–water partition coefficient (Wildman–Crippen LogP) is 1.37. The summed E-state index contributed by atoms with van der Waals surface area (Å²) in [5.41, 5.74) is 2.21. The second-order valence-electron chi connectivity index (χ2n) is 6.00. The van der Waals surface area contributed by atoms with Gasteiger partial charge in [-0.05, 0) is 37.9 Å². The number of carboxylic acids is 1. The van der Waals surface area contributed by atoms with Gasteiger partial charge in [0.2, 0.25) is 5.91 Å². The zero-order valence-electron chi connectivity index (χ0n) is 12.2. The Kier molecular flexibility index (Phi) is 3.68. The second-order valence-corrected chi connectivity index (χ2v) is 6.00. The largest absolute Gasteiger partial charge is 0.481 e. The van der Waals surface area contributed by atoms with Crippen LogP contribution in [-0.2, 0) is 16.0 Å². The van der Waals surface area contributed by atoms with Crippen LogP contribution >= 0.6 is 0 Å². The van der Waals surface area contributed by atoms with Crippen LogP contribution in [0.1, 0.15) is 18.9 Å². The number of aliphatic carboxylic acids is 1. The third kappa shape index (κ3) is 2.65. The number of likely N-dealkylation sites (tertiary alicyclic amines) is 1. The third-order valence-electron chi connectivity index (χ3n) is 4.46. The van der Waals surface area contributed by atoms with Crippen LogP contribution in [0.5, 0.6) is 0 Å². The summed E-state index contributed by atoms with van der Waals surface area (Å²) in [7, 11) is 0. The number of carbonyl (C=O) groups is 2. The van der Waals surface area contributed by atoms with Crippen LogP contribution in [0.15, 0.2) is 24.3 Å². The van der Waals surface area contributed by atoms with Gasteiger partial charge in [0.25, 0.3) is 0 Å². The van der Waals surface area contributed by atoms with Crippen LogP contribution in [0, 0.1) is 5.92 Å². The Balaban J connectivity index is 1.68. The van der Waals surface area contributed by atoms with E-state index in [2.05, 4.69) is 13.0 Å². The van der Waals surface area contributed by atoms with E-state index >= 15 is 0 Å². The summed E-state index contributed by atoms with van der Waals surface area (Å²) < 4.78 is 0. The van der Waals surface area contributed by atoms with Gasteiger partial charge in [-0.2, -0.15) is 0 Å². The summed E-state index contributed by atoms with van der Waals surface area (Å²) in [6.07, 6.45) is 1.52. The van der Waals surface area contributed by atoms with Crippen LogP contribution in [0.3, 0.4) is 0 Å². The molecule has 1 saturated heterocycles. The molecule has 2 atom stereocenters. The SMILES string of the molecule is C[C@@H]1Cc2ccccc2N1C(=O)CN1CC[C@H](C(=O)O)C1. The van der Waals surface area contributed by atoms with Gasteiger partial charge in [0.1, 0.15) is 0 Å². The van der Waals surface area contributed by atoms with Crippen molar-refractivity contribution >= 4 is 17.6 Å². The first kappa shape index (κ1) is 14.1. The van der Waals surface area contributed by atoms with E-state index in [0.717, 1.165) is 12.1 Å². The van der Waals surface area contributed by atoms with E-state index in [-0.39, 0.29) is 17.9 Å². The number of hydrogen-bond acceptors (Lipinski definition) is 3. The maximum atomic E-state index is 12.6. The van der Waals surface area contributed by atoms with Crippen molar-refractivity contribution in [2.75, 3.05) is 24.5 Å². The summed E-state index contributed by atoms with van der Waals surface area (Å²) in [6.45, 7) is 3.53. The zero-order valence-corrected chi connectivity index (χ0v) is 12.2. The summed E-state index contributed by atoms with van der Waals surface area (Å²) in [6, 6.07) is 8.17. The fourth-order valence-electron chi connectivity index (χ4n) is 3.39. The van der Waals surface area contributed by atoms with Gasteiger partial charge in [-0.15, -0.1) is 0 Å². The molecule has 1 amide bonds. The van der Waals surface area contributed by atoms with Gasteiger partial charge in [0.15, 0.2) is 0 Å². The molecule has 0 spiro atoms. The number of anilines is 1. The summed E-state index contributed by atoms with van der Waals surface area (Å²) in [5, 5.41) is 9.03. The van der Waals surface area contributed by atoms with Crippen molar-refractivity contribution in [1.82, 2.24) is 4.90 Å². The van der Waals surface area contributed by atoms with Crippen molar-refractivity contribution < 1.29 is 14.7 Å². The smallest absolute Gasteiger partial charge is 0.307 e. The molecule has 2 aliphatic rings. The molecule has 0 saturated carbocycles. The van der Waals surface area contributed by atoms with E-state index in [1.54, 1.807) is 0 Å². The van der Waals surface area contributed by atoms with Gasteiger partial charge in [0, 0.05) is 18.3 Å². The van der Waals surface area contributed by atoms with E-state index in [1.807, 2.05) is 28.0 Å². The first-order valence-electron chi connectivity index (χ1n) is 7.41. The number of nitrogens with zero attached hydrogens (tertiary/aromatic N) is 2. The monoisotopic (exact) mass is 288 g/mol. The fraction of sp³-hybridized carbons (Fsp3) is 0.500. The highest BCUT2D eigenvalue weighted by molar-refractivity contribution is 5.97. The Labute approximate surface area is 124 Å². The number of carboxylic acid groups (broad SMARTS) is 1. The molecule has 112 valence electrons. The molecule has 0 bridgehead atoms. The highest BCUT2D eigenvalue weighted by Crippen LogP contribution is 2.32. The number of hydrogen-bond donors (Lipinski definition) is 1. The number of amides is 1. The van der Waals surface area contributed by atoms with E-state index in [4.69, 9.17) is 5.11 Å². The van der Waals surface area contributed by atoms with Gasteiger partial charge < -0.3 is 10.0 Å². The van der Waals surface area contributed by atoms with Gasteiger partial charge in [0.05, 0.1) is 12.5 Å². The van der Waals surface area contributed by atoms with Gasteiger partial charge >= 0.3 is 5.97 Å². The molecule has 3 rings (SSSR count). The van der Waals surface area contributed by atoms with E-state index in [1.165, 1.54) is 5.56 Å². The highest BCUT2D eigenvalue weighted by atomic mass is 16.4. The van der Waals surface area contributed by atoms with Crippen LogP contribution in [0.4, 0.5) is 5.69 Å². The first-order chi connectivity index (χ1) is 10.1. The lowest BCUT2D eigenvalue weighted by molar-refractivity contribution is -0.141. The molecule has 0 radical (unpaired) electrons. The maximum Gasteiger partial charge on any atom is 0.307 e. The molecule has 0 unspecified atom stereocenters. The lowest BCUT2D eigenvalue weighted by atomic mass is 10.1. The van der Waals surface area contributed by atoms with Crippen LogP contribution in [0.25, 0.3) is 0 Å². The van der Waals surface area contributed by atoms with Gasteiger partial charge in [-0.3, -0.25) is 14.5 Å². The van der Waals surface area contributed by atoms with Gasteiger partial charge in [-0.1, -0.05) is 18.2 Å². The average molecular weight is 288 g/mol. The molecule has 5 heteroatoms. The molecule has 2 aliphatic heterocycles. The van der Waals surface area contributed by atoms with Crippen molar-refractivity contribution in [1.29, 1.82) is 0 Å². The normalized spacial score (nSPS) is 25.1. The first-order valence-corrected chi connectivity index (χ1v) is 7.41. The number of carbonyl (C=O) groups excluding carboxylic acids is 1. The number of benzene rings is 1. The van der Waals surface area contributed by atoms with Crippen LogP contribution < -0.4 is 4.90 Å². The Morgan fingerprint density at radius 3 is 2.81 bits per heavy atom. The maximum absolute atomic E-state index is 12.6. The quantitative estimate of drug-likeness (QED) is 0.912. The van der Waals surface area contributed by atoms with Crippen molar-refractivity contribution in [3.8, 4) is 0 Å². The molecular formula is C16H20N2O3. The summed E-state index contributed by atoms with van der Waals surface area (Å²) in [4.78, 5) is 27.4. The van der Waals surface area contributed by atoms with Crippen LogP contribution in [0.2, 0.25) is 0 Å². The van der Waals surface area contributed by atoms with E-state index in [0.29, 0.717) is 26.1 Å². The number of fused-ring (bicyclic) bond motifs is 1. The lowest BCUT2D eigenvalue weighted by Crippen LogP contribution is -2.42. The second kappa shape index (κ2) is 5.48. The third-order valence-corrected chi connectivity index (χ3v) is 4.46. The minimum Gasteiger partial charge on any atom is -0.481 e. The molecule has 2 heterocycles. The molecular weight excluding hydrogens is 268 g/mol. The minimum absolute atomic E-state index is 0.0680. The van der Waals surface area contributed by atoms with Crippen molar-refractivity contribution in [3.63, 3.8) is 0 Å². The Bertz CT molecular complexity index is 572. The molecule has 1 aromatic carbocycles. The Morgan fingerprint density at radius 2 is 2.10 bits per heavy atom. The molecule has 0 aliphatic carbocycles. The number of para-hydroxylation sites is 1. The number of rotatable bonds is 3. The molecule has 21 heavy (non-hydrogen) atoms. The average Bonchev–Trinajstić information content (AvgIpc) is 3.01. The topological polar surface area (TPSA) is 60.9 Å². The van der Waals surface area contributed by atoms with Crippen LogP contribution in [-0.4, -0.2) is 47.6 Å². The highest BCUT2D eigenvalue weighted by Gasteiger charge is 2.34. The van der Waals surface area contributed by atoms with Crippen molar-refractivity contribution in [3.05, 3.63) is 29.8 Å². The lowest BCUT2D eigenvalue weighted by Gasteiger charge is -2.25. The van der Waals surface area contributed by atoms with Crippen molar-refractivity contribution in [2.45, 2.75) is 25.8 Å². The molecule has 5 nitrogen and oxygen atoms in total. The van der Waals surface area contributed by atoms with Gasteiger partial charge in [-0.25, -0.2) is 0 Å². The summed E-state index contributed by atoms with van der Waals surface area (Å²) >= 11 is 0. The fourth-order valence-corrected chi connectivity index (χ4v) is 3.39. The molecule has 1 fully saturated rings. The molecule has 1 N–H and O–H groups in total.